The number of rotatable bonds is 2. The van der Waals surface area contributed by atoms with Gasteiger partial charge in [0, 0.05) is 18.8 Å². The zero-order chi connectivity index (χ0) is 14.5. The lowest BCUT2D eigenvalue weighted by Crippen LogP contribution is -2.52. The second-order valence-electron chi connectivity index (χ2n) is 7.25. The lowest BCUT2D eigenvalue weighted by molar-refractivity contribution is 0.0693. The summed E-state index contributed by atoms with van der Waals surface area (Å²) in [5.74, 6) is -0.122. The molecule has 108 valence electrons. The Morgan fingerprint density at radius 3 is 2.45 bits per heavy atom. The summed E-state index contributed by atoms with van der Waals surface area (Å²) in [6, 6.07) is 7.32. The van der Waals surface area contributed by atoms with Gasteiger partial charge in [-0.25, -0.2) is 4.79 Å². The Kier molecular flexibility index (Phi) is 2.86. The van der Waals surface area contributed by atoms with E-state index in [-0.39, 0.29) is 0 Å². The van der Waals surface area contributed by atoms with Crippen molar-refractivity contribution in [2.24, 2.45) is 16.7 Å². The van der Waals surface area contributed by atoms with E-state index in [2.05, 4.69) is 25.7 Å². The van der Waals surface area contributed by atoms with Crippen LogP contribution in [-0.4, -0.2) is 24.2 Å². The van der Waals surface area contributed by atoms with Crippen LogP contribution in [0.15, 0.2) is 24.3 Å². The number of benzene rings is 1. The molecule has 1 saturated carbocycles. The van der Waals surface area contributed by atoms with Crippen LogP contribution in [0.4, 0.5) is 5.69 Å². The van der Waals surface area contributed by atoms with Crippen LogP contribution in [0.3, 0.4) is 0 Å². The predicted molar refractivity (Wildman–Crippen MR) is 80.2 cm³/mol. The third-order valence-corrected chi connectivity index (χ3v) is 6.08. The maximum absolute atomic E-state index is 10.9. The summed E-state index contributed by atoms with van der Waals surface area (Å²) in [6.45, 7) is 9.40. The van der Waals surface area contributed by atoms with Gasteiger partial charge in [-0.3, -0.25) is 0 Å². The van der Waals surface area contributed by atoms with Gasteiger partial charge in [-0.1, -0.05) is 20.8 Å². The molecule has 3 nitrogen and oxygen atoms in total. The lowest BCUT2D eigenvalue weighted by Gasteiger charge is -2.51. The summed E-state index contributed by atoms with van der Waals surface area (Å²) in [4.78, 5) is 13.4. The normalized spacial score (nSPS) is 31.4. The van der Waals surface area contributed by atoms with E-state index in [1.807, 2.05) is 12.1 Å². The molecule has 3 heteroatoms. The number of carboxylic acids is 1. The molecule has 1 aliphatic heterocycles. The molecule has 1 heterocycles. The molecule has 1 saturated heterocycles. The van der Waals surface area contributed by atoms with Gasteiger partial charge in [0.1, 0.15) is 0 Å². The molecular formula is C17H23NO2. The zero-order valence-corrected chi connectivity index (χ0v) is 12.5. The number of hydrogen-bond donors (Lipinski definition) is 1. The number of nitrogens with zero attached hydrogens (tertiary/aromatic N) is 1. The topological polar surface area (TPSA) is 40.5 Å². The highest BCUT2D eigenvalue weighted by molar-refractivity contribution is 5.88. The van der Waals surface area contributed by atoms with Crippen molar-refractivity contribution in [1.82, 2.24) is 0 Å². The van der Waals surface area contributed by atoms with Gasteiger partial charge < -0.3 is 10.0 Å². The average molecular weight is 273 g/mol. The smallest absolute Gasteiger partial charge is 0.335 e. The first kappa shape index (κ1) is 13.5. The summed E-state index contributed by atoms with van der Waals surface area (Å²) in [5, 5.41) is 8.98. The maximum atomic E-state index is 10.9. The number of carboxylic acid groups (broad SMARTS) is 1. The maximum Gasteiger partial charge on any atom is 0.335 e. The molecule has 2 atom stereocenters. The molecule has 3 rings (SSSR count). The predicted octanol–water partition coefficient (Wildman–Crippen LogP) is 3.65. The van der Waals surface area contributed by atoms with Gasteiger partial charge in [-0.05, 0) is 53.9 Å². The van der Waals surface area contributed by atoms with Crippen molar-refractivity contribution >= 4 is 11.7 Å². The molecule has 1 aromatic carbocycles. The highest BCUT2D eigenvalue weighted by atomic mass is 16.4. The van der Waals surface area contributed by atoms with Crippen molar-refractivity contribution in [2.75, 3.05) is 18.0 Å². The molecule has 0 radical (unpaired) electrons. The zero-order valence-electron chi connectivity index (χ0n) is 12.5. The minimum absolute atomic E-state index is 0.361. The summed E-state index contributed by atoms with van der Waals surface area (Å²) >= 11 is 0. The van der Waals surface area contributed by atoms with E-state index in [0.717, 1.165) is 24.7 Å². The second-order valence-corrected chi connectivity index (χ2v) is 7.25. The van der Waals surface area contributed by atoms with Crippen LogP contribution < -0.4 is 4.90 Å². The Balaban J connectivity index is 1.85. The Hall–Kier alpha value is -1.51. The molecule has 0 unspecified atom stereocenters. The van der Waals surface area contributed by atoms with Crippen LogP contribution in [0, 0.1) is 16.7 Å². The highest BCUT2D eigenvalue weighted by Gasteiger charge is 2.55. The van der Waals surface area contributed by atoms with Gasteiger partial charge >= 0.3 is 5.97 Å². The number of hydrogen-bond acceptors (Lipinski definition) is 2. The van der Waals surface area contributed by atoms with E-state index in [9.17, 15) is 4.79 Å². The van der Waals surface area contributed by atoms with Crippen molar-refractivity contribution in [3.63, 3.8) is 0 Å². The number of fused-ring (bicyclic) bond motifs is 2. The summed E-state index contributed by atoms with van der Waals surface area (Å²) in [7, 11) is 0. The second kappa shape index (κ2) is 4.24. The van der Waals surface area contributed by atoms with Crippen molar-refractivity contribution < 1.29 is 9.90 Å². The highest BCUT2D eigenvalue weighted by Crippen LogP contribution is 2.59. The Bertz CT molecular complexity index is 534. The Morgan fingerprint density at radius 2 is 1.90 bits per heavy atom. The van der Waals surface area contributed by atoms with Crippen molar-refractivity contribution in [2.45, 2.75) is 33.6 Å². The average Bonchev–Trinajstić information content (AvgIpc) is 2.56. The fourth-order valence-electron chi connectivity index (χ4n) is 4.03. The summed E-state index contributed by atoms with van der Waals surface area (Å²) in [6.07, 6.45) is 2.61. The molecular weight excluding hydrogens is 250 g/mol. The van der Waals surface area contributed by atoms with Crippen LogP contribution in [0.25, 0.3) is 0 Å². The van der Waals surface area contributed by atoms with Crippen LogP contribution in [0.1, 0.15) is 44.0 Å². The standard InChI is InChI=1S/C17H23NO2/c1-16(2)13-8-9-17(16,3)11-18(10-13)14-6-4-12(5-7-14)15(19)20/h4-7,13H,8-11H2,1-3H3,(H,19,20)/t13-,17+/m1/s1. The molecule has 2 aliphatic rings. The van der Waals surface area contributed by atoms with Crippen molar-refractivity contribution in [1.29, 1.82) is 0 Å². The van der Waals surface area contributed by atoms with E-state index in [0.29, 0.717) is 16.4 Å². The minimum atomic E-state index is -0.858. The van der Waals surface area contributed by atoms with Gasteiger partial charge in [0.2, 0.25) is 0 Å². The van der Waals surface area contributed by atoms with E-state index in [1.165, 1.54) is 12.8 Å². The molecule has 0 spiro atoms. The third-order valence-electron chi connectivity index (χ3n) is 6.08. The molecule has 2 bridgehead atoms. The van der Waals surface area contributed by atoms with E-state index in [1.54, 1.807) is 12.1 Å². The number of piperidine rings is 1. The molecule has 1 aliphatic carbocycles. The number of aromatic carboxylic acids is 1. The molecule has 1 N–H and O–H groups in total. The first-order valence-corrected chi connectivity index (χ1v) is 7.42. The lowest BCUT2D eigenvalue weighted by atomic mass is 9.63. The molecule has 0 amide bonds. The largest absolute Gasteiger partial charge is 0.478 e. The van der Waals surface area contributed by atoms with Gasteiger partial charge in [-0.15, -0.1) is 0 Å². The summed E-state index contributed by atoms with van der Waals surface area (Å²) in [5.41, 5.74) is 2.29. The van der Waals surface area contributed by atoms with Gasteiger partial charge in [-0.2, -0.15) is 0 Å². The molecule has 0 aromatic heterocycles. The Labute approximate surface area is 120 Å². The monoisotopic (exact) mass is 273 g/mol. The first-order valence-electron chi connectivity index (χ1n) is 7.42. The van der Waals surface area contributed by atoms with E-state index >= 15 is 0 Å². The minimum Gasteiger partial charge on any atom is -0.478 e. The third kappa shape index (κ3) is 1.83. The van der Waals surface area contributed by atoms with Gasteiger partial charge in [0.05, 0.1) is 5.56 Å². The molecule has 2 fully saturated rings. The van der Waals surface area contributed by atoms with Crippen molar-refractivity contribution in [3.05, 3.63) is 29.8 Å². The van der Waals surface area contributed by atoms with Crippen molar-refractivity contribution in [3.8, 4) is 0 Å². The fraction of sp³-hybridized carbons (Fsp3) is 0.588. The van der Waals surface area contributed by atoms with Gasteiger partial charge in [0.15, 0.2) is 0 Å². The quantitative estimate of drug-likeness (QED) is 0.894. The Morgan fingerprint density at radius 1 is 1.25 bits per heavy atom. The SMILES string of the molecule is CC1(C)[C@@H]2CC[C@@]1(C)CN(c1ccc(C(=O)O)cc1)C2. The fourth-order valence-corrected chi connectivity index (χ4v) is 4.03. The number of carbonyl (C=O) groups is 1. The number of anilines is 1. The van der Waals surface area contributed by atoms with E-state index in [4.69, 9.17) is 5.11 Å². The van der Waals surface area contributed by atoms with Crippen LogP contribution in [-0.2, 0) is 0 Å². The van der Waals surface area contributed by atoms with E-state index < -0.39 is 5.97 Å². The molecule has 20 heavy (non-hydrogen) atoms. The van der Waals surface area contributed by atoms with Crippen LogP contribution in [0.5, 0.6) is 0 Å². The summed E-state index contributed by atoms with van der Waals surface area (Å²) < 4.78 is 0. The van der Waals surface area contributed by atoms with Crippen LogP contribution >= 0.6 is 0 Å². The first-order chi connectivity index (χ1) is 9.33. The van der Waals surface area contributed by atoms with Gasteiger partial charge in [0.25, 0.3) is 0 Å². The van der Waals surface area contributed by atoms with Crippen LogP contribution in [0.2, 0.25) is 0 Å². The molecule has 1 aromatic rings.